The van der Waals surface area contributed by atoms with Crippen LogP contribution in [-0.2, 0) is 14.3 Å². The number of carbonyl (C=O) groups is 2. The molecule has 0 aliphatic heterocycles. The van der Waals surface area contributed by atoms with Gasteiger partial charge >= 0.3 is 12.1 Å². The van der Waals surface area contributed by atoms with E-state index in [0.29, 0.717) is 11.3 Å². The molecule has 140 valence electrons. The Labute approximate surface area is 147 Å². The Bertz CT molecular complexity index is 612. The number of benzene rings is 1. The fourth-order valence-electron chi connectivity index (χ4n) is 1.86. The molecule has 0 aromatic heterocycles. The van der Waals surface area contributed by atoms with Crippen LogP contribution < -0.4 is 10.1 Å². The third-order valence-corrected chi connectivity index (χ3v) is 3.01. The van der Waals surface area contributed by atoms with Crippen LogP contribution >= 0.6 is 0 Å². The number of hydrogen-bond donors (Lipinski definition) is 1. The van der Waals surface area contributed by atoms with E-state index >= 15 is 0 Å². The van der Waals surface area contributed by atoms with Crippen molar-refractivity contribution in [1.29, 1.82) is 0 Å². The number of ether oxygens (including phenoxy) is 3. The average molecular weight is 355 g/mol. The number of aryl methyl sites for hydroxylation is 1. The van der Waals surface area contributed by atoms with Gasteiger partial charge in [-0.1, -0.05) is 0 Å². The maximum absolute atomic E-state index is 13.1. The van der Waals surface area contributed by atoms with Gasteiger partial charge in [0.05, 0.1) is 0 Å². The maximum atomic E-state index is 13.1. The SMILES string of the molecule is Cc1cc(F)ccc1O[C@@H](C)COC(=O)[C@H](C)NC(=O)OC(C)(C)C. The van der Waals surface area contributed by atoms with Crippen LogP contribution in [0.4, 0.5) is 9.18 Å². The molecule has 25 heavy (non-hydrogen) atoms. The Hall–Kier alpha value is -2.31. The Kier molecular flexibility index (Phi) is 7.21. The molecule has 0 aliphatic carbocycles. The van der Waals surface area contributed by atoms with Crippen LogP contribution in [0.5, 0.6) is 5.75 Å². The minimum absolute atomic E-state index is 0.00398. The summed E-state index contributed by atoms with van der Waals surface area (Å²) in [6.45, 7) is 10.1. The Balaban J connectivity index is 2.43. The summed E-state index contributed by atoms with van der Waals surface area (Å²) in [4.78, 5) is 23.5. The lowest BCUT2D eigenvalue weighted by Gasteiger charge is -2.22. The van der Waals surface area contributed by atoms with E-state index in [4.69, 9.17) is 14.2 Å². The molecule has 1 rings (SSSR count). The fraction of sp³-hybridized carbons (Fsp3) is 0.556. The Morgan fingerprint density at radius 3 is 2.44 bits per heavy atom. The van der Waals surface area contributed by atoms with Crippen molar-refractivity contribution in [3.63, 3.8) is 0 Å². The van der Waals surface area contributed by atoms with E-state index in [1.165, 1.54) is 25.1 Å². The molecule has 0 fully saturated rings. The monoisotopic (exact) mass is 355 g/mol. The van der Waals surface area contributed by atoms with Gasteiger partial charge in [-0.25, -0.2) is 14.0 Å². The topological polar surface area (TPSA) is 73.9 Å². The Morgan fingerprint density at radius 1 is 1.24 bits per heavy atom. The van der Waals surface area contributed by atoms with E-state index in [1.54, 1.807) is 34.6 Å². The molecule has 0 aliphatic rings. The fourth-order valence-corrected chi connectivity index (χ4v) is 1.86. The molecular weight excluding hydrogens is 329 g/mol. The highest BCUT2D eigenvalue weighted by atomic mass is 19.1. The second kappa shape index (κ2) is 8.69. The van der Waals surface area contributed by atoms with Gasteiger partial charge in [0.15, 0.2) is 0 Å². The summed E-state index contributed by atoms with van der Waals surface area (Å²) in [5.74, 6) is -0.423. The van der Waals surface area contributed by atoms with Crippen LogP contribution in [0.3, 0.4) is 0 Å². The first kappa shape index (κ1) is 20.7. The van der Waals surface area contributed by atoms with Crippen LogP contribution in [0, 0.1) is 12.7 Å². The lowest BCUT2D eigenvalue weighted by atomic mass is 10.2. The zero-order valence-corrected chi connectivity index (χ0v) is 15.5. The highest BCUT2D eigenvalue weighted by Crippen LogP contribution is 2.19. The van der Waals surface area contributed by atoms with Gasteiger partial charge in [-0.15, -0.1) is 0 Å². The van der Waals surface area contributed by atoms with Gasteiger partial charge in [0.2, 0.25) is 0 Å². The standard InChI is InChI=1S/C18H26FNO5/c1-11-9-14(19)7-8-15(11)24-12(2)10-23-16(21)13(3)20-17(22)25-18(4,5)6/h7-9,12-13H,10H2,1-6H3,(H,20,22)/t12-,13-/m0/s1. The molecule has 1 aromatic rings. The van der Waals surface area contributed by atoms with Crippen molar-refractivity contribution in [2.24, 2.45) is 0 Å². The molecule has 0 spiro atoms. The Morgan fingerprint density at radius 2 is 1.88 bits per heavy atom. The van der Waals surface area contributed by atoms with E-state index < -0.39 is 29.8 Å². The molecule has 0 heterocycles. The summed E-state index contributed by atoms with van der Waals surface area (Å²) in [7, 11) is 0. The third-order valence-electron chi connectivity index (χ3n) is 3.01. The van der Waals surface area contributed by atoms with Crippen LogP contribution in [0.2, 0.25) is 0 Å². The molecule has 1 aromatic carbocycles. The van der Waals surface area contributed by atoms with Crippen molar-refractivity contribution in [3.05, 3.63) is 29.6 Å². The quantitative estimate of drug-likeness (QED) is 0.792. The summed E-state index contributed by atoms with van der Waals surface area (Å²) in [5, 5.41) is 2.41. The number of esters is 1. The first-order chi connectivity index (χ1) is 11.5. The maximum Gasteiger partial charge on any atom is 0.408 e. The van der Waals surface area contributed by atoms with Gasteiger partial charge in [-0.2, -0.15) is 0 Å². The second-order valence-corrected chi connectivity index (χ2v) is 6.84. The highest BCUT2D eigenvalue weighted by molar-refractivity contribution is 5.81. The largest absolute Gasteiger partial charge is 0.487 e. The van der Waals surface area contributed by atoms with E-state index in [1.807, 2.05) is 0 Å². The second-order valence-electron chi connectivity index (χ2n) is 6.84. The minimum Gasteiger partial charge on any atom is -0.487 e. The van der Waals surface area contributed by atoms with Crippen molar-refractivity contribution >= 4 is 12.1 Å². The van der Waals surface area contributed by atoms with Gasteiger partial charge in [-0.3, -0.25) is 0 Å². The average Bonchev–Trinajstić information content (AvgIpc) is 2.45. The number of carbonyl (C=O) groups excluding carboxylic acids is 2. The van der Waals surface area contributed by atoms with Crippen molar-refractivity contribution in [2.75, 3.05) is 6.61 Å². The number of hydrogen-bond acceptors (Lipinski definition) is 5. The van der Waals surface area contributed by atoms with Crippen LogP contribution in [0.1, 0.15) is 40.2 Å². The molecule has 0 saturated heterocycles. The molecule has 7 heteroatoms. The number of nitrogens with one attached hydrogen (secondary N) is 1. The van der Waals surface area contributed by atoms with Crippen molar-refractivity contribution < 1.29 is 28.2 Å². The van der Waals surface area contributed by atoms with Crippen LogP contribution in [0.15, 0.2) is 18.2 Å². The molecule has 1 amide bonds. The van der Waals surface area contributed by atoms with E-state index in [2.05, 4.69) is 5.32 Å². The summed E-state index contributed by atoms with van der Waals surface area (Å²) >= 11 is 0. The molecule has 0 unspecified atom stereocenters. The van der Waals surface area contributed by atoms with Gasteiger partial charge < -0.3 is 19.5 Å². The van der Waals surface area contributed by atoms with Gasteiger partial charge in [0.1, 0.15) is 35.9 Å². The lowest BCUT2D eigenvalue weighted by Crippen LogP contribution is -2.43. The number of halogens is 1. The summed E-state index contributed by atoms with van der Waals surface area (Å²) < 4.78 is 28.9. The van der Waals surface area contributed by atoms with Crippen molar-refractivity contribution in [2.45, 2.75) is 59.3 Å². The smallest absolute Gasteiger partial charge is 0.408 e. The number of alkyl carbamates (subject to hydrolysis) is 1. The van der Waals surface area contributed by atoms with Crippen molar-refractivity contribution in [3.8, 4) is 5.75 Å². The lowest BCUT2D eigenvalue weighted by molar-refractivity contribution is -0.147. The van der Waals surface area contributed by atoms with E-state index in [9.17, 15) is 14.0 Å². The summed E-state index contributed by atoms with van der Waals surface area (Å²) in [6, 6.07) is 3.33. The van der Waals surface area contributed by atoms with Gasteiger partial charge in [0, 0.05) is 0 Å². The first-order valence-electron chi connectivity index (χ1n) is 8.07. The predicted molar refractivity (Wildman–Crippen MR) is 91.0 cm³/mol. The molecule has 0 radical (unpaired) electrons. The predicted octanol–water partition coefficient (Wildman–Crippen LogP) is 3.36. The molecule has 6 nitrogen and oxygen atoms in total. The summed E-state index contributed by atoms with van der Waals surface area (Å²) in [5.41, 5.74) is 0.00133. The highest BCUT2D eigenvalue weighted by Gasteiger charge is 2.22. The first-order valence-corrected chi connectivity index (χ1v) is 8.07. The third kappa shape index (κ3) is 7.87. The number of rotatable bonds is 6. The van der Waals surface area contributed by atoms with Crippen LogP contribution in [-0.4, -0.2) is 36.4 Å². The number of amides is 1. The molecule has 2 atom stereocenters. The molecule has 0 bridgehead atoms. The zero-order chi connectivity index (χ0) is 19.2. The molecular formula is C18H26FNO5. The van der Waals surface area contributed by atoms with Gasteiger partial charge in [0.25, 0.3) is 0 Å². The van der Waals surface area contributed by atoms with E-state index in [-0.39, 0.29) is 12.4 Å². The molecule has 0 saturated carbocycles. The zero-order valence-electron chi connectivity index (χ0n) is 15.5. The van der Waals surface area contributed by atoms with Crippen molar-refractivity contribution in [1.82, 2.24) is 5.32 Å². The molecule has 1 N–H and O–H groups in total. The minimum atomic E-state index is -0.852. The summed E-state index contributed by atoms with van der Waals surface area (Å²) in [6.07, 6.45) is -1.12. The van der Waals surface area contributed by atoms with Gasteiger partial charge in [-0.05, 0) is 65.3 Å². The van der Waals surface area contributed by atoms with Crippen LogP contribution in [0.25, 0.3) is 0 Å². The normalized spacial score (nSPS) is 13.6. The van der Waals surface area contributed by atoms with E-state index in [0.717, 1.165) is 0 Å².